The molecule has 3 atom stereocenters. The fourth-order valence-corrected chi connectivity index (χ4v) is 7.18. The first-order valence-corrected chi connectivity index (χ1v) is 14.0. The zero-order valence-electron chi connectivity index (χ0n) is 22.8. The molecule has 41 heavy (non-hydrogen) atoms. The summed E-state index contributed by atoms with van der Waals surface area (Å²) in [7, 11) is 0. The zero-order valence-corrected chi connectivity index (χ0v) is 22.8. The maximum absolute atomic E-state index is 14.7. The van der Waals surface area contributed by atoms with Gasteiger partial charge < -0.3 is 4.90 Å². The second-order valence-electron chi connectivity index (χ2n) is 11.5. The van der Waals surface area contributed by atoms with E-state index in [0.29, 0.717) is 33.9 Å². The summed E-state index contributed by atoms with van der Waals surface area (Å²) in [5, 5.41) is 0. The van der Waals surface area contributed by atoms with Crippen LogP contribution in [0.4, 0.5) is 10.1 Å². The lowest BCUT2D eigenvalue weighted by atomic mass is 9.64. The highest BCUT2D eigenvalue weighted by molar-refractivity contribution is 6.32. The van der Waals surface area contributed by atoms with Crippen LogP contribution >= 0.6 is 0 Å². The first kappa shape index (κ1) is 25.3. The van der Waals surface area contributed by atoms with Crippen molar-refractivity contribution in [2.75, 3.05) is 4.90 Å². The van der Waals surface area contributed by atoms with Crippen molar-refractivity contribution in [3.63, 3.8) is 0 Å². The molecule has 0 unspecified atom stereocenters. The molecule has 1 aliphatic carbocycles. The topological polar surface area (TPSA) is 54.5 Å². The number of carbonyl (C=O) groups is 3. The largest absolute Gasteiger partial charge is 0.352 e. The van der Waals surface area contributed by atoms with Crippen LogP contribution in [0.1, 0.15) is 73.4 Å². The monoisotopic (exact) mass is 541 g/mol. The quantitative estimate of drug-likeness (QED) is 0.202. The van der Waals surface area contributed by atoms with Gasteiger partial charge in [-0.25, -0.2) is 4.39 Å². The fourth-order valence-electron chi connectivity index (χ4n) is 7.18. The summed E-state index contributed by atoms with van der Waals surface area (Å²) in [6, 6.07) is 26.7. The Morgan fingerprint density at radius 1 is 0.829 bits per heavy atom. The van der Waals surface area contributed by atoms with Gasteiger partial charge in [-0.15, -0.1) is 0 Å². The van der Waals surface area contributed by atoms with E-state index < -0.39 is 29.2 Å². The second-order valence-corrected chi connectivity index (χ2v) is 11.5. The normalized spacial score (nSPS) is 21.8. The predicted octanol–water partition coefficient (Wildman–Crippen LogP) is 7.27. The minimum absolute atomic E-state index is 0.187. The number of nitrogens with zero attached hydrogens (tertiary/aromatic N) is 1. The minimum atomic E-state index is -1.57. The molecule has 0 saturated carbocycles. The number of rotatable bonds is 4. The van der Waals surface area contributed by atoms with Gasteiger partial charge in [-0.05, 0) is 35.2 Å². The molecule has 0 amide bonds. The Bertz CT molecular complexity index is 1720. The zero-order chi connectivity index (χ0) is 28.5. The third-order valence-corrected chi connectivity index (χ3v) is 9.05. The van der Waals surface area contributed by atoms with Crippen molar-refractivity contribution in [2.24, 2.45) is 5.41 Å². The van der Waals surface area contributed by atoms with Gasteiger partial charge in [-0.1, -0.05) is 105 Å². The van der Waals surface area contributed by atoms with Crippen LogP contribution in [0, 0.1) is 11.2 Å². The van der Waals surface area contributed by atoms with E-state index >= 15 is 0 Å². The van der Waals surface area contributed by atoms with Crippen LogP contribution in [0.15, 0.2) is 103 Å². The molecule has 1 fully saturated rings. The molecule has 202 valence electrons. The molecule has 2 aliphatic heterocycles. The van der Waals surface area contributed by atoms with Gasteiger partial charge in [0.1, 0.15) is 17.3 Å². The first-order chi connectivity index (χ1) is 19.8. The van der Waals surface area contributed by atoms with E-state index in [4.69, 9.17) is 0 Å². The summed E-state index contributed by atoms with van der Waals surface area (Å²) in [5.74, 6) is -1.62. The molecule has 0 radical (unpaired) electrons. The number of benzene rings is 4. The van der Waals surface area contributed by atoms with Crippen LogP contribution in [-0.2, 0) is 0 Å². The van der Waals surface area contributed by atoms with Crippen molar-refractivity contribution >= 4 is 29.1 Å². The van der Waals surface area contributed by atoms with Gasteiger partial charge in [-0.2, -0.15) is 0 Å². The van der Waals surface area contributed by atoms with E-state index in [2.05, 4.69) is 13.8 Å². The van der Waals surface area contributed by atoms with Gasteiger partial charge in [0.15, 0.2) is 17.3 Å². The standard InChI is InChI=1S/C36H28FNO3/c1-21(2)22-12-14-23(15-13-22)31-32(33(39)24-8-4-3-5-9-24)38-29-18-17-26(37)20-25(29)16-19-30(38)36(31)34(40)27-10-6-7-11-28(27)35(36)41/h3-21,30-32H,1-2H3/t30-,31-,32+/m0/s1. The molecule has 4 nitrogen and oxygen atoms in total. The number of hydrogen-bond acceptors (Lipinski definition) is 4. The van der Waals surface area contributed by atoms with Crippen molar-refractivity contribution in [1.29, 1.82) is 0 Å². The van der Waals surface area contributed by atoms with E-state index in [9.17, 15) is 18.8 Å². The predicted molar refractivity (Wildman–Crippen MR) is 157 cm³/mol. The Morgan fingerprint density at radius 3 is 2.10 bits per heavy atom. The highest BCUT2D eigenvalue weighted by Crippen LogP contribution is 2.61. The summed E-state index contributed by atoms with van der Waals surface area (Å²) in [4.78, 5) is 45.8. The Balaban J connectivity index is 1.54. The van der Waals surface area contributed by atoms with Crippen molar-refractivity contribution in [2.45, 2.75) is 37.8 Å². The van der Waals surface area contributed by atoms with Crippen molar-refractivity contribution < 1.29 is 18.8 Å². The molecule has 0 bridgehead atoms. The third kappa shape index (κ3) is 3.48. The molecular formula is C36H28FNO3. The van der Waals surface area contributed by atoms with Crippen molar-refractivity contribution in [3.05, 3.63) is 142 Å². The highest BCUT2D eigenvalue weighted by atomic mass is 19.1. The first-order valence-electron chi connectivity index (χ1n) is 14.0. The lowest BCUT2D eigenvalue weighted by Crippen LogP contribution is -2.48. The molecule has 4 aromatic rings. The molecule has 0 N–H and O–H groups in total. The molecule has 5 heteroatoms. The maximum atomic E-state index is 14.7. The van der Waals surface area contributed by atoms with Crippen LogP contribution < -0.4 is 4.90 Å². The van der Waals surface area contributed by atoms with Gasteiger partial charge in [0.25, 0.3) is 0 Å². The summed E-state index contributed by atoms with van der Waals surface area (Å²) >= 11 is 0. The van der Waals surface area contributed by atoms with Crippen LogP contribution in [-0.4, -0.2) is 29.4 Å². The number of Topliss-reactive ketones (excluding diaryl/α,β-unsaturated/α-hetero) is 3. The van der Waals surface area contributed by atoms with Gasteiger partial charge in [0, 0.05) is 33.9 Å². The van der Waals surface area contributed by atoms with E-state index in [1.54, 1.807) is 48.5 Å². The Hall–Kier alpha value is -4.64. The highest BCUT2D eigenvalue weighted by Gasteiger charge is 2.71. The van der Waals surface area contributed by atoms with Crippen molar-refractivity contribution in [1.82, 2.24) is 0 Å². The fraction of sp³-hybridized carbons (Fsp3) is 0.194. The summed E-state index contributed by atoms with van der Waals surface area (Å²) in [6.45, 7) is 4.21. The summed E-state index contributed by atoms with van der Waals surface area (Å²) in [6.07, 6.45) is 3.59. The molecule has 1 saturated heterocycles. The van der Waals surface area contributed by atoms with Crippen LogP contribution in [0.2, 0.25) is 0 Å². The number of hydrogen-bond donors (Lipinski definition) is 0. The average molecular weight is 542 g/mol. The Labute approximate surface area is 238 Å². The number of ketones is 3. The van der Waals surface area contributed by atoms with Crippen LogP contribution in [0.3, 0.4) is 0 Å². The van der Waals surface area contributed by atoms with Gasteiger partial charge in [-0.3, -0.25) is 14.4 Å². The Morgan fingerprint density at radius 2 is 1.46 bits per heavy atom. The minimum Gasteiger partial charge on any atom is -0.352 e. The average Bonchev–Trinajstić information content (AvgIpc) is 3.43. The molecule has 4 aromatic carbocycles. The SMILES string of the molecule is CC(C)c1ccc([C@H]2[C@H](C(=O)c3ccccc3)N3c4ccc(F)cc4C=C[C@H]3C23C(=O)c2ccccc2C3=O)cc1. The maximum Gasteiger partial charge on any atom is 0.185 e. The summed E-state index contributed by atoms with van der Waals surface area (Å²) in [5.41, 5.74) is 2.80. The molecule has 2 heterocycles. The third-order valence-electron chi connectivity index (χ3n) is 9.05. The number of fused-ring (bicyclic) bond motifs is 5. The smallest absolute Gasteiger partial charge is 0.185 e. The van der Waals surface area contributed by atoms with Crippen LogP contribution in [0.25, 0.3) is 6.08 Å². The van der Waals surface area contributed by atoms with Gasteiger partial charge in [0.05, 0.1) is 6.04 Å². The van der Waals surface area contributed by atoms with Crippen LogP contribution in [0.5, 0.6) is 0 Å². The van der Waals surface area contributed by atoms with Gasteiger partial charge >= 0.3 is 0 Å². The lowest BCUT2D eigenvalue weighted by molar-refractivity contribution is 0.0666. The molecule has 7 rings (SSSR count). The Kier molecular flexibility index (Phi) is 5.69. The molecular weight excluding hydrogens is 513 g/mol. The summed E-state index contributed by atoms with van der Waals surface area (Å²) < 4.78 is 14.4. The number of halogens is 1. The lowest BCUT2D eigenvalue weighted by Gasteiger charge is -2.37. The van der Waals surface area contributed by atoms with E-state index in [-0.39, 0.29) is 17.3 Å². The molecule has 1 spiro atoms. The molecule has 0 aromatic heterocycles. The van der Waals surface area contributed by atoms with E-state index in [0.717, 1.165) is 11.1 Å². The number of anilines is 1. The van der Waals surface area contributed by atoms with E-state index in [1.165, 1.54) is 12.1 Å². The van der Waals surface area contributed by atoms with E-state index in [1.807, 2.05) is 53.4 Å². The number of carbonyl (C=O) groups excluding carboxylic acids is 3. The molecule has 3 aliphatic rings. The van der Waals surface area contributed by atoms with Crippen molar-refractivity contribution in [3.8, 4) is 0 Å². The second kappa shape index (κ2) is 9.20. The van der Waals surface area contributed by atoms with Gasteiger partial charge in [0.2, 0.25) is 0 Å².